The summed E-state index contributed by atoms with van der Waals surface area (Å²) in [6.07, 6.45) is 0.698. The highest BCUT2D eigenvalue weighted by Crippen LogP contribution is 2.14. The monoisotopic (exact) mass is 372 g/mol. The number of hydrogen-bond acceptors (Lipinski definition) is 3. The average Bonchev–Trinajstić information content (AvgIpc) is 2.62. The topological polar surface area (TPSA) is 66.5 Å². The van der Waals surface area contributed by atoms with Crippen LogP contribution in [-0.4, -0.2) is 45.5 Å². The molecule has 138 valence electrons. The quantitative estimate of drug-likeness (QED) is 0.711. The van der Waals surface area contributed by atoms with Crippen LogP contribution in [0.1, 0.15) is 18.1 Å². The average molecular weight is 372 g/mol. The second kappa shape index (κ2) is 9.01. The van der Waals surface area contributed by atoms with E-state index in [9.17, 15) is 13.2 Å². The van der Waals surface area contributed by atoms with Crippen molar-refractivity contribution in [1.29, 1.82) is 0 Å². The largest absolute Gasteiger partial charge is 0.360 e. The van der Waals surface area contributed by atoms with Crippen molar-refractivity contribution in [1.82, 2.24) is 9.62 Å². The maximum absolute atomic E-state index is 12.7. The number of hydrogen-bond donors (Lipinski definition) is 1. The van der Waals surface area contributed by atoms with Crippen molar-refractivity contribution in [3.63, 3.8) is 0 Å². The molecular formula is C19H25BN2O3S. The van der Waals surface area contributed by atoms with Gasteiger partial charge in [0.05, 0.1) is 11.4 Å². The molecule has 0 aromatic heterocycles. The number of rotatable bonds is 8. The van der Waals surface area contributed by atoms with Crippen molar-refractivity contribution < 1.29 is 13.2 Å². The highest BCUT2D eigenvalue weighted by molar-refractivity contribution is 7.89. The normalized spacial score (nSPS) is 12.7. The lowest BCUT2D eigenvalue weighted by Gasteiger charge is -2.21. The van der Waals surface area contributed by atoms with Gasteiger partial charge in [0.2, 0.25) is 15.9 Å². The van der Waals surface area contributed by atoms with Crippen molar-refractivity contribution >= 4 is 23.8 Å². The lowest BCUT2D eigenvalue weighted by atomic mass is 9.89. The van der Waals surface area contributed by atoms with E-state index in [1.165, 1.54) is 22.0 Å². The molecule has 0 aliphatic heterocycles. The maximum atomic E-state index is 12.7. The Morgan fingerprint density at radius 2 is 1.73 bits per heavy atom. The van der Waals surface area contributed by atoms with Crippen LogP contribution in [-0.2, 0) is 21.2 Å². The SMILES string of the molecule is BC(Cc1ccc(C)cc1)NC(=O)CN(CC)S(=O)(=O)c1ccccc1. The Balaban J connectivity index is 1.97. The van der Waals surface area contributed by atoms with E-state index in [4.69, 9.17) is 0 Å². The Morgan fingerprint density at radius 3 is 2.31 bits per heavy atom. The Kier molecular flexibility index (Phi) is 7.00. The van der Waals surface area contributed by atoms with Crippen LogP contribution in [0.4, 0.5) is 0 Å². The molecule has 26 heavy (non-hydrogen) atoms. The number of carbonyl (C=O) groups is 1. The summed E-state index contributed by atoms with van der Waals surface area (Å²) in [6.45, 7) is 3.80. The van der Waals surface area contributed by atoms with Crippen molar-refractivity contribution in [3.05, 3.63) is 65.7 Å². The summed E-state index contributed by atoms with van der Waals surface area (Å²) in [4.78, 5) is 12.5. The molecule has 0 spiro atoms. The fourth-order valence-corrected chi connectivity index (χ4v) is 4.14. The smallest absolute Gasteiger partial charge is 0.243 e. The van der Waals surface area contributed by atoms with Crippen molar-refractivity contribution in [2.45, 2.75) is 31.1 Å². The predicted molar refractivity (Wildman–Crippen MR) is 106 cm³/mol. The van der Waals surface area contributed by atoms with Crippen LogP contribution in [0.2, 0.25) is 0 Å². The zero-order valence-electron chi connectivity index (χ0n) is 15.5. The van der Waals surface area contributed by atoms with Crippen molar-refractivity contribution in [2.24, 2.45) is 0 Å². The molecule has 1 amide bonds. The molecule has 0 bridgehead atoms. The van der Waals surface area contributed by atoms with E-state index in [0.29, 0.717) is 6.42 Å². The number of likely N-dealkylation sites (N-methyl/N-ethyl adjacent to an activating group) is 1. The van der Waals surface area contributed by atoms with Gasteiger partial charge < -0.3 is 5.32 Å². The van der Waals surface area contributed by atoms with Crippen LogP contribution < -0.4 is 5.32 Å². The fourth-order valence-electron chi connectivity index (χ4n) is 2.72. The van der Waals surface area contributed by atoms with Gasteiger partial charge in [0, 0.05) is 12.5 Å². The molecule has 1 N–H and O–H groups in total. The summed E-state index contributed by atoms with van der Waals surface area (Å²) in [5.41, 5.74) is 2.32. The van der Waals surface area contributed by atoms with Gasteiger partial charge in [-0.1, -0.05) is 55.0 Å². The van der Waals surface area contributed by atoms with E-state index in [1.54, 1.807) is 25.1 Å². The number of nitrogens with zero attached hydrogens (tertiary/aromatic N) is 1. The number of sulfonamides is 1. The molecule has 2 aromatic rings. The maximum Gasteiger partial charge on any atom is 0.243 e. The molecule has 2 rings (SSSR count). The summed E-state index contributed by atoms with van der Waals surface area (Å²) in [7, 11) is -1.76. The molecule has 0 saturated carbocycles. The predicted octanol–water partition coefficient (Wildman–Crippen LogP) is 1.32. The lowest BCUT2D eigenvalue weighted by molar-refractivity contribution is -0.121. The van der Waals surface area contributed by atoms with E-state index in [2.05, 4.69) is 5.32 Å². The van der Waals surface area contributed by atoms with Crippen LogP contribution in [0.3, 0.4) is 0 Å². The van der Waals surface area contributed by atoms with Gasteiger partial charge >= 0.3 is 0 Å². The minimum absolute atomic E-state index is 0.0802. The minimum Gasteiger partial charge on any atom is -0.360 e. The van der Waals surface area contributed by atoms with Gasteiger partial charge in [-0.05, 0) is 31.0 Å². The second-order valence-corrected chi connectivity index (χ2v) is 8.34. The van der Waals surface area contributed by atoms with Gasteiger partial charge in [-0.25, -0.2) is 8.42 Å². The molecule has 0 heterocycles. The number of nitrogens with one attached hydrogen (secondary N) is 1. The summed E-state index contributed by atoms with van der Waals surface area (Å²) in [5, 5.41) is 2.89. The molecule has 1 unspecified atom stereocenters. The van der Waals surface area contributed by atoms with Crippen LogP contribution in [0.15, 0.2) is 59.5 Å². The van der Waals surface area contributed by atoms with Gasteiger partial charge in [0.1, 0.15) is 7.85 Å². The van der Waals surface area contributed by atoms with E-state index in [0.717, 1.165) is 5.56 Å². The Bertz CT molecular complexity index is 824. The zero-order valence-corrected chi connectivity index (χ0v) is 16.3. The molecule has 0 aliphatic rings. The molecule has 2 aromatic carbocycles. The molecule has 0 fully saturated rings. The van der Waals surface area contributed by atoms with Crippen LogP contribution >= 0.6 is 0 Å². The summed E-state index contributed by atoms with van der Waals surface area (Å²) < 4.78 is 26.5. The number of carbonyl (C=O) groups excluding carboxylic acids is 1. The molecule has 0 radical (unpaired) electrons. The number of aryl methyl sites for hydroxylation is 1. The minimum atomic E-state index is -3.67. The molecular weight excluding hydrogens is 347 g/mol. The molecule has 1 atom stereocenters. The van der Waals surface area contributed by atoms with Crippen LogP contribution in [0.5, 0.6) is 0 Å². The third-order valence-electron chi connectivity index (χ3n) is 4.12. The summed E-state index contributed by atoms with van der Waals surface area (Å²) in [6, 6.07) is 16.3. The molecule has 0 saturated heterocycles. The fraction of sp³-hybridized carbons (Fsp3) is 0.316. The third-order valence-corrected chi connectivity index (χ3v) is 6.06. The molecule has 0 aliphatic carbocycles. The highest BCUT2D eigenvalue weighted by atomic mass is 32.2. The van der Waals surface area contributed by atoms with Gasteiger partial charge in [-0.3, -0.25) is 4.79 Å². The third kappa shape index (κ3) is 5.44. The first-order chi connectivity index (χ1) is 12.3. The number of amides is 1. The first kappa shape index (κ1) is 20.2. The first-order valence-corrected chi connectivity index (χ1v) is 10.2. The Morgan fingerprint density at radius 1 is 1.12 bits per heavy atom. The summed E-state index contributed by atoms with van der Waals surface area (Å²) in [5.74, 6) is -0.380. The number of benzene rings is 2. The van der Waals surface area contributed by atoms with E-state index in [-0.39, 0.29) is 29.8 Å². The van der Waals surface area contributed by atoms with Gasteiger partial charge in [0.15, 0.2) is 0 Å². The van der Waals surface area contributed by atoms with Crippen molar-refractivity contribution in [2.75, 3.05) is 13.1 Å². The van der Waals surface area contributed by atoms with Crippen LogP contribution in [0, 0.1) is 6.92 Å². The standard InChI is InChI=1S/C19H25BN2O3S/c1-3-22(26(24,25)17-7-5-4-6-8-17)14-19(23)21-18(20)13-16-11-9-15(2)10-12-16/h4-12,18H,3,13-14,20H2,1-2H3,(H,21,23). The highest BCUT2D eigenvalue weighted by Gasteiger charge is 2.25. The molecule has 5 nitrogen and oxygen atoms in total. The van der Waals surface area contributed by atoms with E-state index >= 15 is 0 Å². The first-order valence-electron chi connectivity index (χ1n) is 8.73. The van der Waals surface area contributed by atoms with Crippen molar-refractivity contribution in [3.8, 4) is 0 Å². The second-order valence-electron chi connectivity index (χ2n) is 6.40. The molecule has 7 heteroatoms. The van der Waals surface area contributed by atoms with E-state index in [1.807, 2.05) is 39.0 Å². The van der Waals surface area contributed by atoms with Crippen LogP contribution in [0.25, 0.3) is 0 Å². The van der Waals surface area contributed by atoms with Gasteiger partial charge in [0.25, 0.3) is 0 Å². The van der Waals surface area contributed by atoms with E-state index < -0.39 is 10.0 Å². The van der Waals surface area contributed by atoms with Gasteiger partial charge in [-0.15, -0.1) is 0 Å². The zero-order chi connectivity index (χ0) is 19.2. The Hall–Kier alpha value is -2.12. The van der Waals surface area contributed by atoms with Gasteiger partial charge in [-0.2, -0.15) is 4.31 Å². The summed E-state index contributed by atoms with van der Waals surface area (Å²) >= 11 is 0. The lowest BCUT2D eigenvalue weighted by Crippen LogP contribution is -2.45. The Labute approximate surface area is 156 Å².